The molecule has 1 aromatic rings. The number of methoxy groups -OCH3 is 1. The minimum Gasteiger partial charge on any atom is -0.497 e. The third kappa shape index (κ3) is 4.88. The zero-order valence-electron chi connectivity index (χ0n) is 10.7. The van der Waals surface area contributed by atoms with Crippen LogP contribution in [0.1, 0.15) is 31.7 Å². The first-order chi connectivity index (χ1) is 8.65. The Bertz CT molecular complexity index is 449. The molecule has 0 radical (unpaired) electrons. The minimum atomic E-state index is 0.197. The number of Topliss-reactive ketones (excluding diaryl/α,β-unsaturated/α-hetero) is 1. The molecule has 0 spiro atoms. The highest BCUT2D eigenvalue weighted by Crippen LogP contribution is 2.22. The summed E-state index contributed by atoms with van der Waals surface area (Å²) < 4.78 is 10.6. The number of unbranched alkanes of at least 4 members (excludes halogenated alkanes) is 1. The number of hydrogen-bond acceptors (Lipinski definition) is 4. The van der Waals surface area contributed by atoms with Crippen molar-refractivity contribution >= 4 is 5.78 Å². The number of rotatable bonds is 7. The Balaban J connectivity index is 2.46. The Hall–Kier alpha value is -2.02. The van der Waals surface area contributed by atoms with Gasteiger partial charge in [0.2, 0.25) is 0 Å². The summed E-state index contributed by atoms with van der Waals surface area (Å²) in [6, 6.07) is 7.13. The molecule has 0 saturated heterocycles. The zero-order chi connectivity index (χ0) is 13.4. The van der Waals surface area contributed by atoms with Gasteiger partial charge in [-0.1, -0.05) is 0 Å². The Labute approximate surface area is 107 Å². The van der Waals surface area contributed by atoms with E-state index < -0.39 is 0 Å². The number of benzene rings is 1. The number of carbonyl (C=O) groups excluding carboxylic acids is 1. The van der Waals surface area contributed by atoms with Gasteiger partial charge in [-0.25, -0.2) is 0 Å². The summed E-state index contributed by atoms with van der Waals surface area (Å²) in [5.74, 6) is 1.42. The predicted molar refractivity (Wildman–Crippen MR) is 67.7 cm³/mol. The van der Waals surface area contributed by atoms with Crippen molar-refractivity contribution in [2.75, 3.05) is 13.7 Å². The van der Waals surface area contributed by atoms with E-state index in [1.807, 2.05) is 0 Å². The number of hydrogen-bond donors (Lipinski definition) is 0. The zero-order valence-corrected chi connectivity index (χ0v) is 10.7. The van der Waals surface area contributed by atoms with Gasteiger partial charge in [0.15, 0.2) is 0 Å². The first-order valence-corrected chi connectivity index (χ1v) is 5.87. The molecule has 0 aliphatic rings. The molecule has 0 aromatic heterocycles. The summed E-state index contributed by atoms with van der Waals surface area (Å²) in [7, 11) is 1.55. The molecule has 0 unspecified atom stereocenters. The van der Waals surface area contributed by atoms with Crippen LogP contribution in [-0.4, -0.2) is 19.5 Å². The van der Waals surface area contributed by atoms with Crippen molar-refractivity contribution in [1.82, 2.24) is 0 Å². The van der Waals surface area contributed by atoms with Gasteiger partial charge in [-0.05, 0) is 31.9 Å². The van der Waals surface area contributed by atoms with Crippen LogP contribution in [0.5, 0.6) is 11.5 Å². The summed E-state index contributed by atoms with van der Waals surface area (Å²) >= 11 is 0. The normalized spacial score (nSPS) is 9.61. The molecule has 0 aliphatic heterocycles. The van der Waals surface area contributed by atoms with E-state index in [1.54, 1.807) is 32.2 Å². The molecule has 96 valence electrons. The highest BCUT2D eigenvalue weighted by atomic mass is 16.5. The molecule has 0 N–H and O–H groups in total. The van der Waals surface area contributed by atoms with Gasteiger partial charge in [0.1, 0.15) is 17.3 Å². The summed E-state index contributed by atoms with van der Waals surface area (Å²) in [5.41, 5.74) is 0.507. The van der Waals surface area contributed by atoms with Crippen LogP contribution >= 0.6 is 0 Å². The van der Waals surface area contributed by atoms with E-state index in [2.05, 4.69) is 6.07 Å². The van der Waals surface area contributed by atoms with Crippen LogP contribution in [0, 0.1) is 11.3 Å². The first-order valence-electron chi connectivity index (χ1n) is 5.87. The first kappa shape index (κ1) is 14.0. The Morgan fingerprint density at radius 2 is 2.00 bits per heavy atom. The lowest BCUT2D eigenvalue weighted by Crippen LogP contribution is -1.99. The van der Waals surface area contributed by atoms with Gasteiger partial charge in [-0.3, -0.25) is 0 Å². The summed E-state index contributed by atoms with van der Waals surface area (Å²) in [6.45, 7) is 2.12. The fraction of sp³-hybridized carbons (Fsp3) is 0.429. The average molecular weight is 247 g/mol. The molecule has 0 heterocycles. The lowest BCUT2D eigenvalue weighted by atomic mass is 10.2. The number of ether oxygens (including phenoxy) is 2. The standard InChI is InChI=1S/C14H17NO3/c1-11(16)5-3-4-6-18-14-8-12(10-15)7-13(9-14)17-2/h7-9H,3-6H2,1-2H3. The average Bonchev–Trinajstić information content (AvgIpc) is 2.37. The molecule has 0 aliphatic carbocycles. The van der Waals surface area contributed by atoms with E-state index in [4.69, 9.17) is 14.7 Å². The second-order valence-corrected chi connectivity index (χ2v) is 4.02. The lowest BCUT2D eigenvalue weighted by Gasteiger charge is -2.08. The van der Waals surface area contributed by atoms with E-state index in [9.17, 15) is 4.79 Å². The number of ketones is 1. The lowest BCUT2D eigenvalue weighted by molar-refractivity contribution is -0.117. The molecule has 1 aromatic carbocycles. The smallest absolute Gasteiger partial charge is 0.129 e. The van der Waals surface area contributed by atoms with Crippen molar-refractivity contribution in [1.29, 1.82) is 5.26 Å². The van der Waals surface area contributed by atoms with Crippen LogP contribution < -0.4 is 9.47 Å². The Morgan fingerprint density at radius 3 is 2.61 bits per heavy atom. The maximum Gasteiger partial charge on any atom is 0.129 e. The fourth-order valence-electron chi connectivity index (χ4n) is 1.50. The number of nitrogens with zero attached hydrogens (tertiary/aromatic N) is 1. The van der Waals surface area contributed by atoms with E-state index in [1.165, 1.54) is 0 Å². The largest absolute Gasteiger partial charge is 0.497 e. The summed E-state index contributed by atoms with van der Waals surface area (Å²) in [6.07, 6.45) is 2.23. The maximum atomic E-state index is 10.8. The molecule has 18 heavy (non-hydrogen) atoms. The van der Waals surface area contributed by atoms with E-state index in [0.29, 0.717) is 30.1 Å². The van der Waals surface area contributed by atoms with Crippen LogP contribution in [-0.2, 0) is 4.79 Å². The number of nitriles is 1. The second kappa shape index (κ2) is 7.33. The van der Waals surface area contributed by atoms with Crippen LogP contribution in [0.2, 0.25) is 0 Å². The SMILES string of the molecule is COc1cc(C#N)cc(OCCCCC(C)=O)c1. The predicted octanol–water partition coefficient (Wildman–Crippen LogP) is 2.70. The Morgan fingerprint density at radius 1 is 1.28 bits per heavy atom. The van der Waals surface area contributed by atoms with Gasteiger partial charge in [-0.2, -0.15) is 5.26 Å². The van der Waals surface area contributed by atoms with Gasteiger partial charge in [0, 0.05) is 12.5 Å². The van der Waals surface area contributed by atoms with Crippen molar-refractivity contribution in [3.8, 4) is 17.6 Å². The fourth-order valence-corrected chi connectivity index (χ4v) is 1.50. The second-order valence-electron chi connectivity index (χ2n) is 4.02. The molecule has 0 atom stereocenters. The molecule has 0 saturated carbocycles. The molecule has 0 bridgehead atoms. The van der Waals surface area contributed by atoms with Crippen LogP contribution in [0.25, 0.3) is 0 Å². The van der Waals surface area contributed by atoms with Crippen molar-refractivity contribution in [3.63, 3.8) is 0 Å². The quantitative estimate of drug-likeness (QED) is 0.695. The van der Waals surface area contributed by atoms with E-state index in [0.717, 1.165) is 12.8 Å². The number of carbonyl (C=O) groups is 1. The summed E-state index contributed by atoms with van der Waals surface area (Å²) in [4.78, 5) is 10.8. The molecule has 4 nitrogen and oxygen atoms in total. The van der Waals surface area contributed by atoms with Crippen molar-refractivity contribution < 1.29 is 14.3 Å². The molecular formula is C14H17NO3. The van der Waals surface area contributed by atoms with Gasteiger partial charge < -0.3 is 14.3 Å². The molecule has 1 rings (SSSR count). The summed E-state index contributed by atoms with van der Waals surface area (Å²) in [5, 5.41) is 8.85. The van der Waals surface area contributed by atoms with Gasteiger partial charge in [0.05, 0.1) is 25.3 Å². The van der Waals surface area contributed by atoms with Crippen LogP contribution in [0.15, 0.2) is 18.2 Å². The van der Waals surface area contributed by atoms with E-state index >= 15 is 0 Å². The van der Waals surface area contributed by atoms with Crippen LogP contribution in [0.4, 0.5) is 0 Å². The highest BCUT2D eigenvalue weighted by Gasteiger charge is 2.02. The van der Waals surface area contributed by atoms with Gasteiger partial charge in [-0.15, -0.1) is 0 Å². The van der Waals surface area contributed by atoms with Crippen molar-refractivity contribution in [2.45, 2.75) is 26.2 Å². The third-order valence-corrected chi connectivity index (χ3v) is 2.44. The molecule has 0 amide bonds. The Kier molecular flexibility index (Phi) is 5.72. The molecule has 4 heteroatoms. The van der Waals surface area contributed by atoms with Crippen molar-refractivity contribution in [3.05, 3.63) is 23.8 Å². The molecular weight excluding hydrogens is 230 g/mol. The maximum absolute atomic E-state index is 10.8. The minimum absolute atomic E-state index is 0.197. The third-order valence-electron chi connectivity index (χ3n) is 2.44. The topological polar surface area (TPSA) is 59.3 Å². The highest BCUT2D eigenvalue weighted by molar-refractivity contribution is 5.75. The monoisotopic (exact) mass is 247 g/mol. The molecule has 0 fully saturated rings. The van der Waals surface area contributed by atoms with Gasteiger partial charge >= 0.3 is 0 Å². The van der Waals surface area contributed by atoms with E-state index in [-0.39, 0.29) is 5.78 Å². The van der Waals surface area contributed by atoms with Crippen LogP contribution in [0.3, 0.4) is 0 Å². The van der Waals surface area contributed by atoms with Gasteiger partial charge in [0.25, 0.3) is 0 Å². The van der Waals surface area contributed by atoms with Crippen molar-refractivity contribution in [2.24, 2.45) is 0 Å².